The fraction of sp³-hybridized carbons (Fsp3) is 0.278. The van der Waals surface area contributed by atoms with E-state index in [-0.39, 0.29) is 11.7 Å². The fourth-order valence-corrected chi connectivity index (χ4v) is 5.21. The second-order valence-corrected chi connectivity index (χ2v) is 8.16. The third-order valence-electron chi connectivity index (χ3n) is 4.62. The Hall–Kier alpha value is -2.63. The number of nitriles is 1. The second kappa shape index (κ2) is 6.59. The Morgan fingerprint density at radius 2 is 2.04 bits per heavy atom. The van der Waals surface area contributed by atoms with Gasteiger partial charge in [0, 0.05) is 28.9 Å². The Kier molecular flexibility index (Phi) is 4.26. The lowest BCUT2D eigenvalue weighted by Gasteiger charge is -2.26. The minimum Gasteiger partial charge on any atom is -0.397 e. The zero-order valence-corrected chi connectivity index (χ0v) is 15.6. The van der Waals surface area contributed by atoms with Crippen molar-refractivity contribution in [3.8, 4) is 16.5 Å². The Balaban J connectivity index is 1.94. The molecule has 4 N–H and O–H groups in total. The van der Waals surface area contributed by atoms with Gasteiger partial charge in [0.05, 0.1) is 5.69 Å². The van der Waals surface area contributed by atoms with Crippen molar-refractivity contribution < 1.29 is 4.79 Å². The minimum absolute atomic E-state index is 0.0561. The molecule has 0 saturated carbocycles. The molecular formula is C18H17N5OS2. The Bertz CT molecular complexity index is 1030. The molecule has 1 aliphatic heterocycles. The van der Waals surface area contributed by atoms with Crippen LogP contribution >= 0.6 is 22.7 Å². The van der Waals surface area contributed by atoms with E-state index in [1.165, 1.54) is 22.7 Å². The van der Waals surface area contributed by atoms with Crippen molar-refractivity contribution in [2.45, 2.75) is 19.3 Å². The van der Waals surface area contributed by atoms with E-state index in [9.17, 15) is 10.1 Å². The maximum Gasteiger partial charge on any atom is 0.266 e. The summed E-state index contributed by atoms with van der Waals surface area (Å²) in [5, 5.41) is 12.2. The number of nitrogens with two attached hydrogens (primary N) is 2. The summed E-state index contributed by atoms with van der Waals surface area (Å²) in [4.78, 5) is 21.1. The van der Waals surface area contributed by atoms with Crippen molar-refractivity contribution in [1.82, 2.24) is 9.88 Å². The first-order valence-corrected chi connectivity index (χ1v) is 10.1. The van der Waals surface area contributed by atoms with Gasteiger partial charge in [-0.05, 0) is 30.7 Å². The van der Waals surface area contributed by atoms with E-state index in [1.54, 1.807) is 0 Å². The maximum atomic E-state index is 13.0. The number of carbonyl (C=O) groups excluding carboxylic acids is 1. The molecule has 3 aromatic rings. The molecular weight excluding hydrogens is 366 g/mol. The largest absolute Gasteiger partial charge is 0.397 e. The molecule has 0 aromatic carbocycles. The number of aromatic nitrogens is 1. The van der Waals surface area contributed by atoms with Gasteiger partial charge in [0.1, 0.15) is 27.2 Å². The molecule has 26 heavy (non-hydrogen) atoms. The zero-order valence-electron chi connectivity index (χ0n) is 14.0. The van der Waals surface area contributed by atoms with E-state index in [4.69, 9.17) is 11.5 Å². The van der Waals surface area contributed by atoms with Crippen molar-refractivity contribution in [3.05, 3.63) is 28.0 Å². The smallest absolute Gasteiger partial charge is 0.266 e. The number of amides is 1. The van der Waals surface area contributed by atoms with Gasteiger partial charge in [-0.3, -0.25) is 4.79 Å². The van der Waals surface area contributed by atoms with Crippen LogP contribution in [0.4, 0.5) is 11.5 Å². The number of rotatable bonds is 2. The molecule has 0 atom stereocenters. The summed E-state index contributed by atoms with van der Waals surface area (Å²) in [7, 11) is 0. The summed E-state index contributed by atoms with van der Waals surface area (Å²) < 4.78 is 0. The fourth-order valence-electron chi connectivity index (χ4n) is 3.35. The van der Waals surface area contributed by atoms with Crippen LogP contribution in [0, 0.1) is 11.3 Å². The van der Waals surface area contributed by atoms with Crippen LogP contribution in [0.1, 0.15) is 34.5 Å². The number of hydrogen-bond acceptors (Lipinski definition) is 7. The van der Waals surface area contributed by atoms with Gasteiger partial charge in [-0.1, -0.05) is 6.07 Å². The normalized spacial score (nSPS) is 14.5. The highest BCUT2D eigenvalue weighted by Crippen LogP contribution is 2.44. The number of thiophene rings is 2. The molecule has 0 aliphatic carbocycles. The van der Waals surface area contributed by atoms with Crippen LogP contribution in [-0.2, 0) is 0 Å². The van der Waals surface area contributed by atoms with Crippen molar-refractivity contribution in [2.75, 3.05) is 24.6 Å². The summed E-state index contributed by atoms with van der Waals surface area (Å²) in [6, 6.07) is 5.97. The van der Waals surface area contributed by atoms with Crippen LogP contribution in [0.25, 0.3) is 20.7 Å². The Morgan fingerprint density at radius 1 is 1.27 bits per heavy atom. The molecule has 132 valence electrons. The monoisotopic (exact) mass is 383 g/mol. The molecule has 1 amide bonds. The molecule has 1 fully saturated rings. The number of anilines is 2. The van der Waals surface area contributed by atoms with Crippen molar-refractivity contribution >= 4 is 50.3 Å². The number of nitrogen functional groups attached to an aromatic ring is 2. The summed E-state index contributed by atoms with van der Waals surface area (Å²) >= 11 is 2.76. The van der Waals surface area contributed by atoms with E-state index in [1.807, 2.05) is 22.4 Å². The Morgan fingerprint density at radius 3 is 2.69 bits per heavy atom. The lowest BCUT2D eigenvalue weighted by molar-refractivity contribution is 0.0730. The predicted molar refractivity (Wildman–Crippen MR) is 106 cm³/mol. The molecule has 1 aliphatic rings. The van der Waals surface area contributed by atoms with Gasteiger partial charge in [0.15, 0.2) is 0 Å². The first-order valence-electron chi connectivity index (χ1n) is 8.36. The molecule has 3 aromatic heterocycles. The van der Waals surface area contributed by atoms with E-state index >= 15 is 0 Å². The first kappa shape index (κ1) is 16.8. The molecule has 0 bridgehead atoms. The molecule has 4 rings (SSSR count). The molecule has 6 nitrogen and oxygen atoms in total. The summed E-state index contributed by atoms with van der Waals surface area (Å²) in [5.74, 6) is 0.112. The van der Waals surface area contributed by atoms with Gasteiger partial charge >= 0.3 is 0 Å². The molecule has 0 unspecified atom stereocenters. The summed E-state index contributed by atoms with van der Waals surface area (Å²) in [5.41, 5.74) is 13.8. The van der Waals surface area contributed by atoms with Gasteiger partial charge in [-0.2, -0.15) is 5.26 Å². The third kappa shape index (κ3) is 2.60. The van der Waals surface area contributed by atoms with E-state index in [0.29, 0.717) is 31.9 Å². The molecule has 8 heteroatoms. The number of carbonyl (C=O) groups is 1. The van der Waals surface area contributed by atoms with Gasteiger partial charge in [-0.15, -0.1) is 22.7 Å². The average molecular weight is 384 g/mol. The van der Waals surface area contributed by atoms with Gasteiger partial charge in [0.25, 0.3) is 5.91 Å². The van der Waals surface area contributed by atoms with Crippen LogP contribution < -0.4 is 11.5 Å². The predicted octanol–water partition coefficient (Wildman–Crippen LogP) is 3.69. The lowest BCUT2D eigenvalue weighted by atomic mass is 10.0. The van der Waals surface area contributed by atoms with E-state index < -0.39 is 0 Å². The topological polar surface area (TPSA) is 109 Å². The average Bonchev–Trinajstić information content (AvgIpc) is 3.29. The van der Waals surface area contributed by atoms with Crippen LogP contribution in [0.3, 0.4) is 0 Å². The summed E-state index contributed by atoms with van der Waals surface area (Å²) in [6.45, 7) is 1.51. The molecule has 0 spiro atoms. The van der Waals surface area contributed by atoms with Crippen molar-refractivity contribution in [2.24, 2.45) is 0 Å². The number of pyridine rings is 1. The van der Waals surface area contributed by atoms with Crippen molar-refractivity contribution in [3.63, 3.8) is 0 Å². The first-order chi connectivity index (χ1) is 12.6. The minimum atomic E-state index is -0.0561. The van der Waals surface area contributed by atoms with Gasteiger partial charge < -0.3 is 16.4 Å². The van der Waals surface area contributed by atoms with Crippen LogP contribution in [0.2, 0.25) is 0 Å². The second-order valence-electron chi connectivity index (χ2n) is 6.21. The SMILES string of the molecule is N#Cc1c(N)nc2sc(C(=O)N3CCCCC3)c(N)c2c1-c1cccs1. The van der Waals surface area contributed by atoms with Gasteiger partial charge in [0.2, 0.25) is 0 Å². The standard InChI is InChI=1S/C18H17N5OS2/c19-9-10-12(11-5-4-8-25-11)13-14(20)15(26-17(13)22-16(10)21)18(24)23-6-2-1-3-7-23/h4-5,8H,1-3,6-7,20H2,(H2,21,22). The quantitative estimate of drug-likeness (QED) is 0.701. The van der Waals surface area contributed by atoms with Gasteiger partial charge in [-0.25, -0.2) is 4.98 Å². The maximum absolute atomic E-state index is 13.0. The number of fused-ring (bicyclic) bond motifs is 1. The van der Waals surface area contributed by atoms with Crippen LogP contribution in [-0.4, -0.2) is 28.9 Å². The zero-order chi connectivity index (χ0) is 18.3. The molecule has 0 radical (unpaired) electrons. The Labute approximate surface area is 158 Å². The van der Waals surface area contributed by atoms with Crippen LogP contribution in [0.5, 0.6) is 0 Å². The third-order valence-corrected chi connectivity index (χ3v) is 6.60. The number of likely N-dealkylation sites (tertiary alicyclic amines) is 1. The highest BCUT2D eigenvalue weighted by molar-refractivity contribution is 7.21. The number of piperidine rings is 1. The number of nitrogens with zero attached hydrogens (tertiary/aromatic N) is 3. The lowest BCUT2D eigenvalue weighted by Crippen LogP contribution is -2.35. The van der Waals surface area contributed by atoms with E-state index in [2.05, 4.69) is 11.1 Å². The van der Waals surface area contributed by atoms with Crippen LogP contribution in [0.15, 0.2) is 17.5 Å². The highest BCUT2D eigenvalue weighted by Gasteiger charge is 2.27. The molecule has 4 heterocycles. The number of hydrogen-bond donors (Lipinski definition) is 2. The molecule has 1 saturated heterocycles. The highest BCUT2D eigenvalue weighted by atomic mass is 32.1. The van der Waals surface area contributed by atoms with E-state index in [0.717, 1.165) is 37.2 Å². The summed E-state index contributed by atoms with van der Waals surface area (Å²) in [6.07, 6.45) is 3.18. The van der Waals surface area contributed by atoms with Crippen molar-refractivity contribution in [1.29, 1.82) is 5.26 Å².